The molecule has 1 N–H and O–H groups in total. The standard InChI is InChI=1S/C14H14N2O/c1-3-13(17-10-1)11-4-6-12(7-5-11)14-15-8-2-9-16-14/h1,3-7,10H,2,8-9H2,(H,15,16). The number of hydrogen-bond acceptors (Lipinski definition) is 3. The Bertz CT molecular complexity index is 512. The van der Waals surface area contributed by atoms with Crippen molar-refractivity contribution in [3.8, 4) is 11.3 Å². The van der Waals surface area contributed by atoms with Gasteiger partial charge in [-0.2, -0.15) is 0 Å². The Morgan fingerprint density at radius 1 is 1.06 bits per heavy atom. The van der Waals surface area contributed by atoms with Gasteiger partial charge in [0.15, 0.2) is 0 Å². The number of aliphatic imine (C=N–C) groups is 1. The Kier molecular flexibility index (Phi) is 2.66. The van der Waals surface area contributed by atoms with Crippen molar-refractivity contribution in [1.29, 1.82) is 0 Å². The van der Waals surface area contributed by atoms with Gasteiger partial charge in [-0.1, -0.05) is 24.3 Å². The molecule has 86 valence electrons. The van der Waals surface area contributed by atoms with E-state index in [0.29, 0.717) is 0 Å². The molecule has 2 aromatic rings. The molecular weight excluding hydrogens is 212 g/mol. The molecule has 0 unspecified atom stereocenters. The average molecular weight is 226 g/mol. The first-order chi connectivity index (χ1) is 8.43. The fourth-order valence-electron chi connectivity index (χ4n) is 1.96. The Morgan fingerprint density at radius 3 is 2.53 bits per heavy atom. The Labute approximate surface area is 100 Å². The van der Waals surface area contributed by atoms with Crippen LogP contribution < -0.4 is 5.32 Å². The fourth-order valence-corrected chi connectivity index (χ4v) is 1.96. The maximum Gasteiger partial charge on any atom is 0.133 e. The van der Waals surface area contributed by atoms with Gasteiger partial charge in [0.1, 0.15) is 11.6 Å². The summed E-state index contributed by atoms with van der Waals surface area (Å²) in [7, 11) is 0. The van der Waals surface area contributed by atoms with Crippen molar-refractivity contribution in [1.82, 2.24) is 5.32 Å². The number of benzene rings is 1. The first-order valence-corrected chi connectivity index (χ1v) is 5.86. The third-order valence-electron chi connectivity index (χ3n) is 2.86. The van der Waals surface area contributed by atoms with Crippen molar-refractivity contribution >= 4 is 5.84 Å². The van der Waals surface area contributed by atoms with Gasteiger partial charge in [-0.3, -0.25) is 4.99 Å². The zero-order chi connectivity index (χ0) is 11.5. The molecule has 1 aromatic heterocycles. The van der Waals surface area contributed by atoms with Crippen LogP contribution in [-0.4, -0.2) is 18.9 Å². The molecule has 0 radical (unpaired) electrons. The van der Waals surface area contributed by atoms with Crippen LogP contribution in [0.5, 0.6) is 0 Å². The second-order valence-corrected chi connectivity index (χ2v) is 4.07. The van der Waals surface area contributed by atoms with Crippen molar-refractivity contribution in [3.05, 3.63) is 48.2 Å². The molecule has 0 amide bonds. The zero-order valence-corrected chi connectivity index (χ0v) is 9.52. The van der Waals surface area contributed by atoms with E-state index in [1.165, 1.54) is 0 Å². The van der Waals surface area contributed by atoms with Crippen LogP contribution in [0, 0.1) is 0 Å². The summed E-state index contributed by atoms with van der Waals surface area (Å²) in [6, 6.07) is 12.1. The molecule has 1 aliphatic rings. The van der Waals surface area contributed by atoms with E-state index in [-0.39, 0.29) is 0 Å². The number of nitrogens with zero attached hydrogens (tertiary/aromatic N) is 1. The molecule has 0 spiro atoms. The summed E-state index contributed by atoms with van der Waals surface area (Å²) < 4.78 is 5.36. The van der Waals surface area contributed by atoms with Crippen LogP contribution >= 0.6 is 0 Å². The fraction of sp³-hybridized carbons (Fsp3) is 0.214. The molecule has 0 atom stereocenters. The Hall–Kier alpha value is -2.03. The Morgan fingerprint density at radius 2 is 1.88 bits per heavy atom. The number of rotatable bonds is 2. The van der Waals surface area contributed by atoms with Crippen LogP contribution in [0.3, 0.4) is 0 Å². The van der Waals surface area contributed by atoms with Crippen LogP contribution in [0.25, 0.3) is 11.3 Å². The van der Waals surface area contributed by atoms with E-state index < -0.39 is 0 Å². The summed E-state index contributed by atoms with van der Waals surface area (Å²) >= 11 is 0. The molecule has 17 heavy (non-hydrogen) atoms. The van der Waals surface area contributed by atoms with Crippen molar-refractivity contribution in [3.63, 3.8) is 0 Å². The van der Waals surface area contributed by atoms with Crippen LogP contribution in [0.1, 0.15) is 12.0 Å². The van der Waals surface area contributed by atoms with Gasteiger partial charge in [-0.25, -0.2) is 0 Å². The maximum atomic E-state index is 5.36. The molecule has 1 aliphatic heterocycles. The molecule has 3 heteroatoms. The third kappa shape index (κ3) is 2.09. The summed E-state index contributed by atoms with van der Waals surface area (Å²) in [6.45, 7) is 1.93. The smallest absolute Gasteiger partial charge is 0.133 e. The van der Waals surface area contributed by atoms with Gasteiger partial charge in [-0.05, 0) is 18.6 Å². The molecule has 0 fully saturated rings. The minimum absolute atomic E-state index is 0.898. The van der Waals surface area contributed by atoms with E-state index in [2.05, 4.69) is 34.6 Å². The molecule has 0 saturated heterocycles. The van der Waals surface area contributed by atoms with Crippen LogP contribution in [-0.2, 0) is 0 Å². The normalized spacial score (nSPS) is 15.2. The van der Waals surface area contributed by atoms with Crippen molar-refractivity contribution < 1.29 is 4.42 Å². The van der Waals surface area contributed by atoms with E-state index in [4.69, 9.17) is 4.42 Å². The first kappa shape index (κ1) is 10.1. The highest BCUT2D eigenvalue weighted by atomic mass is 16.3. The van der Waals surface area contributed by atoms with Gasteiger partial charge in [0.25, 0.3) is 0 Å². The van der Waals surface area contributed by atoms with Crippen molar-refractivity contribution in [2.24, 2.45) is 4.99 Å². The highest BCUT2D eigenvalue weighted by Crippen LogP contribution is 2.20. The average Bonchev–Trinajstić information content (AvgIpc) is 2.94. The molecule has 1 aromatic carbocycles. The predicted molar refractivity (Wildman–Crippen MR) is 68.2 cm³/mol. The van der Waals surface area contributed by atoms with Crippen molar-refractivity contribution in [2.45, 2.75) is 6.42 Å². The third-order valence-corrected chi connectivity index (χ3v) is 2.86. The lowest BCUT2D eigenvalue weighted by Crippen LogP contribution is -2.30. The topological polar surface area (TPSA) is 37.5 Å². The summed E-state index contributed by atoms with van der Waals surface area (Å²) in [5, 5.41) is 3.32. The summed E-state index contributed by atoms with van der Waals surface area (Å²) in [5.41, 5.74) is 2.23. The largest absolute Gasteiger partial charge is 0.464 e. The quantitative estimate of drug-likeness (QED) is 0.854. The molecule has 0 saturated carbocycles. The first-order valence-electron chi connectivity index (χ1n) is 5.86. The number of furan rings is 1. The molecule has 0 aliphatic carbocycles. The monoisotopic (exact) mass is 226 g/mol. The van der Waals surface area contributed by atoms with Gasteiger partial charge in [0, 0.05) is 24.2 Å². The van der Waals surface area contributed by atoms with Crippen molar-refractivity contribution in [2.75, 3.05) is 13.1 Å². The minimum Gasteiger partial charge on any atom is -0.464 e. The second kappa shape index (κ2) is 4.45. The Balaban J connectivity index is 1.87. The summed E-state index contributed by atoms with van der Waals surface area (Å²) in [5.74, 6) is 1.90. The second-order valence-electron chi connectivity index (χ2n) is 4.07. The SMILES string of the molecule is c1coc(-c2ccc(C3=NCCCN3)cc2)c1. The minimum atomic E-state index is 0.898. The van der Waals surface area contributed by atoms with Gasteiger partial charge >= 0.3 is 0 Å². The van der Waals surface area contributed by atoms with Gasteiger partial charge < -0.3 is 9.73 Å². The zero-order valence-electron chi connectivity index (χ0n) is 9.52. The van der Waals surface area contributed by atoms with Gasteiger partial charge in [0.2, 0.25) is 0 Å². The highest BCUT2D eigenvalue weighted by Gasteiger charge is 2.07. The summed E-state index contributed by atoms with van der Waals surface area (Å²) in [6.07, 6.45) is 2.81. The van der Waals surface area contributed by atoms with Gasteiger partial charge in [-0.15, -0.1) is 0 Å². The lowest BCUT2D eigenvalue weighted by Gasteiger charge is -2.14. The number of amidine groups is 1. The lowest BCUT2D eigenvalue weighted by atomic mass is 10.1. The number of hydrogen-bond donors (Lipinski definition) is 1. The van der Waals surface area contributed by atoms with Crippen LogP contribution in [0.4, 0.5) is 0 Å². The summed E-state index contributed by atoms with van der Waals surface area (Å²) in [4.78, 5) is 4.47. The van der Waals surface area contributed by atoms with Crippen LogP contribution in [0.2, 0.25) is 0 Å². The molecule has 0 bridgehead atoms. The van der Waals surface area contributed by atoms with E-state index in [9.17, 15) is 0 Å². The number of nitrogens with one attached hydrogen (secondary N) is 1. The predicted octanol–water partition coefficient (Wildman–Crippen LogP) is 2.69. The molecule has 3 nitrogen and oxygen atoms in total. The van der Waals surface area contributed by atoms with E-state index in [1.54, 1.807) is 6.26 Å². The molecular formula is C14H14N2O. The van der Waals surface area contributed by atoms with Gasteiger partial charge in [0.05, 0.1) is 6.26 Å². The van der Waals surface area contributed by atoms with Crippen LogP contribution in [0.15, 0.2) is 52.1 Å². The van der Waals surface area contributed by atoms with E-state index in [1.807, 2.05) is 12.1 Å². The lowest BCUT2D eigenvalue weighted by molar-refractivity contribution is 0.582. The van der Waals surface area contributed by atoms with E-state index in [0.717, 1.165) is 42.2 Å². The molecule has 3 rings (SSSR count). The highest BCUT2D eigenvalue weighted by molar-refractivity contribution is 5.99. The maximum absolute atomic E-state index is 5.36. The van der Waals surface area contributed by atoms with E-state index >= 15 is 0 Å². The molecule has 2 heterocycles.